The summed E-state index contributed by atoms with van der Waals surface area (Å²) in [5, 5.41) is 16.2. The molecular formula is C21H26N6O2. The number of carbonyl (C=O) groups is 1. The van der Waals surface area contributed by atoms with Crippen molar-refractivity contribution < 1.29 is 9.90 Å². The molecule has 2 saturated heterocycles. The van der Waals surface area contributed by atoms with Crippen LogP contribution in [-0.4, -0.2) is 45.7 Å². The minimum Gasteiger partial charge on any atom is -0.392 e. The van der Waals surface area contributed by atoms with Crippen LogP contribution in [0.15, 0.2) is 24.5 Å². The first kappa shape index (κ1) is 18.2. The Balaban J connectivity index is 1.37. The van der Waals surface area contributed by atoms with Crippen LogP contribution in [0.25, 0.3) is 0 Å². The third-order valence-corrected chi connectivity index (χ3v) is 6.45. The van der Waals surface area contributed by atoms with Crippen LogP contribution < -0.4 is 21.3 Å². The predicted octanol–water partition coefficient (Wildman–Crippen LogP) is 1.65. The molecule has 2 aromatic rings. The number of nitrogens with two attached hydrogens (primary N) is 1. The fourth-order valence-corrected chi connectivity index (χ4v) is 5.14. The Labute approximate surface area is 169 Å². The Hall–Kier alpha value is -2.87. The summed E-state index contributed by atoms with van der Waals surface area (Å²) in [5.41, 5.74) is 8.86. The summed E-state index contributed by atoms with van der Waals surface area (Å²) >= 11 is 0. The van der Waals surface area contributed by atoms with E-state index in [9.17, 15) is 9.90 Å². The van der Waals surface area contributed by atoms with E-state index in [2.05, 4.69) is 25.5 Å². The Morgan fingerprint density at radius 1 is 1.24 bits per heavy atom. The third-order valence-electron chi connectivity index (χ3n) is 6.45. The summed E-state index contributed by atoms with van der Waals surface area (Å²) in [5.74, 6) is 1.40. The molecular weight excluding hydrogens is 368 g/mol. The van der Waals surface area contributed by atoms with Crippen LogP contribution in [0.3, 0.4) is 0 Å². The second-order valence-electron chi connectivity index (χ2n) is 8.20. The van der Waals surface area contributed by atoms with Gasteiger partial charge in [-0.1, -0.05) is 6.07 Å². The molecule has 2 bridgehead atoms. The molecule has 2 aromatic heterocycles. The average Bonchev–Trinajstić information content (AvgIpc) is 3.31. The van der Waals surface area contributed by atoms with E-state index in [4.69, 9.17) is 5.73 Å². The molecule has 1 amide bonds. The number of pyridine rings is 2. The summed E-state index contributed by atoms with van der Waals surface area (Å²) in [6, 6.07) is 5.08. The molecule has 0 saturated carbocycles. The van der Waals surface area contributed by atoms with Crippen LogP contribution in [0.5, 0.6) is 0 Å². The largest absolute Gasteiger partial charge is 0.392 e. The highest BCUT2D eigenvalue weighted by Crippen LogP contribution is 2.40. The van der Waals surface area contributed by atoms with Crippen molar-refractivity contribution in [2.45, 2.75) is 56.8 Å². The molecule has 152 valence electrons. The van der Waals surface area contributed by atoms with Crippen molar-refractivity contribution in [3.63, 3.8) is 0 Å². The van der Waals surface area contributed by atoms with E-state index < -0.39 is 5.91 Å². The average molecular weight is 394 g/mol. The minimum atomic E-state index is -0.441. The Bertz CT molecular complexity index is 918. The van der Waals surface area contributed by atoms with Gasteiger partial charge in [0, 0.05) is 42.6 Å². The molecule has 0 unspecified atom stereocenters. The molecule has 3 aliphatic rings. The smallest absolute Gasteiger partial charge is 0.252 e. The van der Waals surface area contributed by atoms with Crippen LogP contribution in [0.1, 0.15) is 47.2 Å². The number of rotatable bonds is 5. The molecule has 5 rings (SSSR count). The molecule has 8 nitrogen and oxygen atoms in total. The van der Waals surface area contributed by atoms with Crippen LogP contribution >= 0.6 is 0 Å². The molecule has 29 heavy (non-hydrogen) atoms. The standard InChI is InChI=1S/C21H26N6O2/c22-20(29)17-10-25-21-16(5-6-23-21)19(17)26-13-7-14-2-3-15(8-13)27(14)18-4-1-12(11-28)9-24-18/h1,4,9-10,13-15,28H,2-3,5-8,11H2,(H2,22,29)(H2,23,25,26)/t13-,14-,15+. The third kappa shape index (κ3) is 3.17. The quantitative estimate of drug-likeness (QED) is 0.609. The highest BCUT2D eigenvalue weighted by Gasteiger charge is 2.41. The van der Waals surface area contributed by atoms with E-state index in [1.54, 1.807) is 12.4 Å². The molecule has 0 spiro atoms. The SMILES string of the molecule is NC(=O)c1cnc2c(c1N[C@@H]1C[C@H]3CC[C@@H](C1)N3c1ccc(CO)cn1)CCN2. The van der Waals surface area contributed by atoms with E-state index in [-0.39, 0.29) is 12.6 Å². The first-order valence-electron chi connectivity index (χ1n) is 10.3. The second kappa shape index (κ2) is 7.18. The zero-order chi connectivity index (χ0) is 20.0. The second-order valence-corrected chi connectivity index (χ2v) is 8.20. The van der Waals surface area contributed by atoms with Gasteiger partial charge in [0.15, 0.2) is 0 Å². The fourth-order valence-electron chi connectivity index (χ4n) is 5.14. The number of hydrogen-bond acceptors (Lipinski definition) is 7. The van der Waals surface area contributed by atoms with Crippen LogP contribution in [0.2, 0.25) is 0 Å². The summed E-state index contributed by atoms with van der Waals surface area (Å²) in [6.07, 6.45) is 8.45. The fraction of sp³-hybridized carbons (Fsp3) is 0.476. The highest BCUT2D eigenvalue weighted by molar-refractivity contribution is 6.00. The van der Waals surface area contributed by atoms with Gasteiger partial charge in [-0.15, -0.1) is 0 Å². The monoisotopic (exact) mass is 394 g/mol. The van der Waals surface area contributed by atoms with Crippen molar-refractivity contribution in [1.82, 2.24) is 9.97 Å². The number of fused-ring (bicyclic) bond motifs is 3. The van der Waals surface area contributed by atoms with Gasteiger partial charge in [0.2, 0.25) is 0 Å². The van der Waals surface area contributed by atoms with Crippen molar-refractivity contribution in [2.24, 2.45) is 5.73 Å². The van der Waals surface area contributed by atoms with Crippen molar-refractivity contribution in [2.75, 3.05) is 22.1 Å². The molecule has 8 heteroatoms. The van der Waals surface area contributed by atoms with Gasteiger partial charge in [0.05, 0.1) is 17.9 Å². The van der Waals surface area contributed by atoms with E-state index in [1.807, 2.05) is 12.1 Å². The van der Waals surface area contributed by atoms with Crippen molar-refractivity contribution in [3.05, 3.63) is 41.2 Å². The van der Waals surface area contributed by atoms with Gasteiger partial charge in [-0.05, 0) is 43.7 Å². The lowest BCUT2D eigenvalue weighted by atomic mass is 9.95. The van der Waals surface area contributed by atoms with Crippen LogP contribution in [-0.2, 0) is 13.0 Å². The van der Waals surface area contributed by atoms with Crippen molar-refractivity contribution in [1.29, 1.82) is 0 Å². The Morgan fingerprint density at radius 2 is 2.03 bits per heavy atom. The maximum Gasteiger partial charge on any atom is 0.252 e. The number of hydrogen-bond donors (Lipinski definition) is 4. The topological polar surface area (TPSA) is 116 Å². The maximum absolute atomic E-state index is 12.0. The Kier molecular flexibility index (Phi) is 4.50. The number of aliphatic hydroxyl groups excluding tert-OH is 1. The molecule has 3 aliphatic heterocycles. The summed E-state index contributed by atoms with van der Waals surface area (Å²) in [4.78, 5) is 23.3. The van der Waals surface area contributed by atoms with E-state index >= 15 is 0 Å². The van der Waals surface area contributed by atoms with Gasteiger partial charge in [-0.3, -0.25) is 4.79 Å². The first-order valence-corrected chi connectivity index (χ1v) is 10.3. The zero-order valence-electron chi connectivity index (χ0n) is 16.3. The molecule has 0 aromatic carbocycles. The van der Waals surface area contributed by atoms with Crippen molar-refractivity contribution in [3.8, 4) is 0 Å². The summed E-state index contributed by atoms with van der Waals surface area (Å²) < 4.78 is 0. The number of anilines is 3. The zero-order valence-corrected chi connectivity index (χ0v) is 16.3. The molecule has 5 heterocycles. The van der Waals surface area contributed by atoms with E-state index in [0.29, 0.717) is 17.6 Å². The molecule has 0 radical (unpaired) electrons. The Morgan fingerprint density at radius 3 is 2.69 bits per heavy atom. The normalized spacial score (nSPS) is 24.9. The molecule has 5 N–H and O–H groups in total. The lowest BCUT2D eigenvalue weighted by Gasteiger charge is -2.40. The number of nitrogens with one attached hydrogen (secondary N) is 2. The van der Waals surface area contributed by atoms with E-state index in [0.717, 1.165) is 67.1 Å². The van der Waals surface area contributed by atoms with Crippen LogP contribution in [0, 0.1) is 0 Å². The number of aromatic nitrogens is 2. The number of primary amides is 1. The van der Waals surface area contributed by atoms with Gasteiger partial charge >= 0.3 is 0 Å². The number of nitrogens with zero attached hydrogens (tertiary/aromatic N) is 3. The molecule has 3 atom stereocenters. The maximum atomic E-state index is 12.0. The molecule has 0 aliphatic carbocycles. The highest BCUT2D eigenvalue weighted by atomic mass is 16.3. The van der Waals surface area contributed by atoms with Crippen molar-refractivity contribution >= 4 is 23.2 Å². The predicted molar refractivity (Wildman–Crippen MR) is 111 cm³/mol. The summed E-state index contributed by atoms with van der Waals surface area (Å²) in [6.45, 7) is 0.845. The number of aliphatic hydroxyl groups is 1. The lowest BCUT2D eigenvalue weighted by molar-refractivity contribution is 0.100. The van der Waals surface area contributed by atoms with Gasteiger partial charge in [0.25, 0.3) is 5.91 Å². The van der Waals surface area contributed by atoms with Gasteiger partial charge < -0.3 is 26.4 Å². The number of amides is 1. The summed E-state index contributed by atoms with van der Waals surface area (Å²) in [7, 11) is 0. The number of piperidine rings is 1. The number of carbonyl (C=O) groups excluding carboxylic acids is 1. The van der Waals surface area contributed by atoms with Crippen LogP contribution in [0.4, 0.5) is 17.3 Å². The minimum absolute atomic E-state index is 0.0133. The first-order chi connectivity index (χ1) is 14.1. The molecule has 2 fully saturated rings. The lowest BCUT2D eigenvalue weighted by Crippen LogP contribution is -2.47. The van der Waals surface area contributed by atoms with E-state index in [1.165, 1.54) is 0 Å². The van der Waals surface area contributed by atoms with Gasteiger partial charge in [-0.2, -0.15) is 0 Å². The van der Waals surface area contributed by atoms with Gasteiger partial charge in [0.1, 0.15) is 11.6 Å². The van der Waals surface area contributed by atoms with Gasteiger partial charge in [-0.25, -0.2) is 9.97 Å².